The van der Waals surface area contributed by atoms with Crippen molar-refractivity contribution in [3.63, 3.8) is 0 Å². The number of para-hydroxylation sites is 1. The number of amidine groups is 2. The van der Waals surface area contributed by atoms with Gasteiger partial charge in [0.1, 0.15) is 17.6 Å². The fourth-order valence-corrected chi connectivity index (χ4v) is 7.96. The van der Waals surface area contributed by atoms with E-state index in [1.165, 1.54) is 32.3 Å². The number of furan rings is 1. The molecule has 5 nitrogen and oxygen atoms in total. The third kappa shape index (κ3) is 4.42. The van der Waals surface area contributed by atoms with Crippen molar-refractivity contribution < 1.29 is 4.42 Å². The molecule has 11 rings (SSSR count). The number of fused-ring (bicyclic) bond motifs is 9. The number of aromatic nitrogens is 1. The van der Waals surface area contributed by atoms with E-state index < -0.39 is 0 Å². The molecule has 0 saturated carbocycles. The smallest absolute Gasteiger partial charge is 0.159 e. The molecule has 52 heavy (non-hydrogen) atoms. The van der Waals surface area contributed by atoms with Crippen LogP contribution in [0, 0.1) is 0 Å². The summed E-state index contributed by atoms with van der Waals surface area (Å²) >= 11 is 0. The third-order valence-electron chi connectivity index (χ3n) is 10.4. The number of nitrogens with zero attached hydrogens (tertiary/aromatic N) is 3. The Labute approximate surface area is 298 Å². The Morgan fingerprint density at radius 1 is 0.519 bits per heavy atom. The van der Waals surface area contributed by atoms with Crippen molar-refractivity contribution in [3.8, 4) is 5.69 Å². The van der Waals surface area contributed by atoms with Crippen LogP contribution >= 0.6 is 0 Å². The van der Waals surface area contributed by atoms with Gasteiger partial charge in [0.15, 0.2) is 11.4 Å². The van der Waals surface area contributed by atoms with Crippen molar-refractivity contribution in [2.75, 3.05) is 0 Å². The molecule has 0 saturated heterocycles. The zero-order valence-corrected chi connectivity index (χ0v) is 28.0. The van der Waals surface area contributed by atoms with Crippen molar-refractivity contribution in [1.82, 2.24) is 9.88 Å². The highest BCUT2D eigenvalue weighted by atomic mass is 16.3. The summed E-state index contributed by atoms with van der Waals surface area (Å²) in [4.78, 5) is 10.5. The molecule has 0 radical (unpaired) electrons. The predicted octanol–water partition coefficient (Wildman–Crippen LogP) is 11.5. The van der Waals surface area contributed by atoms with Gasteiger partial charge in [-0.05, 0) is 63.5 Å². The highest BCUT2D eigenvalue weighted by Gasteiger charge is 2.25. The molecule has 10 aromatic rings. The van der Waals surface area contributed by atoms with E-state index in [4.69, 9.17) is 14.4 Å². The highest BCUT2D eigenvalue weighted by Crippen LogP contribution is 2.42. The molecule has 244 valence electrons. The Bertz CT molecular complexity index is 3100. The molecule has 0 bridgehead atoms. The topological polar surface area (TPSA) is 54.8 Å². The second-order valence-electron chi connectivity index (χ2n) is 13.4. The molecule has 1 aliphatic heterocycles. The van der Waals surface area contributed by atoms with Gasteiger partial charge in [-0.2, -0.15) is 0 Å². The van der Waals surface area contributed by atoms with E-state index in [1.807, 2.05) is 36.4 Å². The normalized spacial score (nSPS) is 14.7. The van der Waals surface area contributed by atoms with Gasteiger partial charge in [0.2, 0.25) is 0 Å². The lowest BCUT2D eigenvalue weighted by molar-refractivity contribution is 0.666. The molecule has 1 N–H and O–H groups in total. The average molecular weight is 667 g/mol. The van der Waals surface area contributed by atoms with E-state index in [2.05, 4.69) is 143 Å². The van der Waals surface area contributed by atoms with Crippen LogP contribution in [-0.2, 0) is 0 Å². The zero-order chi connectivity index (χ0) is 34.2. The maximum Gasteiger partial charge on any atom is 0.159 e. The van der Waals surface area contributed by atoms with Crippen molar-refractivity contribution in [2.24, 2.45) is 9.98 Å². The summed E-state index contributed by atoms with van der Waals surface area (Å²) < 4.78 is 9.18. The molecule has 0 aliphatic carbocycles. The van der Waals surface area contributed by atoms with Crippen molar-refractivity contribution in [1.29, 1.82) is 0 Å². The summed E-state index contributed by atoms with van der Waals surface area (Å²) in [6.45, 7) is 0. The van der Waals surface area contributed by atoms with Gasteiger partial charge in [0, 0.05) is 32.7 Å². The molecule has 1 unspecified atom stereocenters. The van der Waals surface area contributed by atoms with Crippen LogP contribution in [-0.4, -0.2) is 16.2 Å². The summed E-state index contributed by atoms with van der Waals surface area (Å²) in [6, 6.07) is 59.7. The van der Waals surface area contributed by atoms with E-state index in [0.29, 0.717) is 5.84 Å². The number of rotatable bonds is 4. The number of benzene rings is 8. The molecule has 0 amide bonds. The predicted molar refractivity (Wildman–Crippen MR) is 215 cm³/mol. The lowest BCUT2D eigenvalue weighted by Crippen LogP contribution is -2.33. The SMILES string of the molecule is c1ccc(C2=NC(c3cc(-n4c5cc6ccccc6cc5c5c6ccccc6ccc54)c4oc5ccccc5c4c3)=NC(c3ccccc3)N2)cc1. The Hall–Kier alpha value is -6.98. The van der Waals surface area contributed by atoms with Crippen LogP contribution in [0.3, 0.4) is 0 Å². The number of nitrogens with one attached hydrogen (secondary N) is 1. The van der Waals surface area contributed by atoms with Crippen LogP contribution in [0.1, 0.15) is 22.9 Å². The first-order valence-electron chi connectivity index (χ1n) is 17.6. The van der Waals surface area contributed by atoms with E-state index in [9.17, 15) is 0 Å². The van der Waals surface area contributed by atoms with E-state index in [1.54, 1.807) is 0 Å². The first-order valence-corrected chi connectivity index (χ1v) is 17.6. The number of aliphatic imine (C=N–C) groups is 2. The van der Waals surface area contributed by atoms with Gasteiger partial charge < -0.3 is 14.3 Å². The minimum Gasteiger partial charge on any atom is -0.454 e. The van der Waals surface area contributed by atoms with Crippen molar-refractivity contribution >= 4 is 77.0 Å². The minimum absolute atomic E-state index is 0.310. The van der Waals surface area contributed by atoms with Gasteiger partial charge in [-0.3, -0.25) is 0 Å². The maximum absolute atomic E-state index is 6.79. The van der Waals surface area contributed by atoms with Gasteiger partial charge in [-0.1, -0.05) is 133 Å². The Kier molecular flexibility index (Phi) is 6.25. The van der Waals surface area contributed by atoms with E-state index in [-0.39, 0.29) is 6.17 Å². The molecule has 2 aromatic heterocycles. The Morgan fingerprint density at radius 3 is 2.04 bits per heavy atom. The monoisotopic (exact) mass is 666 g/mol. The second kappa shape index (κ2) is 11.3. The summed E-state index contributed by atoms with van der Waals surface area (Å²) in [5, 5.41) is 12.9. The van der Waals surface area contributed by atoms with Crippen LogP contribution in [0.15, 0.2) is 184 Å². The molecule has 5 heteroatoms. The minimum atomic E-state index is -0.310. The summed E-state index contributed by atoms with van der Waals surface area (Å²) in [5.41, 5.74) is 7.84. The lowest BCUT2D eigenvalue weighted by Gasteiger charge is -2.24. The molecular formula is C47H30N4O. The van der Waals surface area contributed by atoms with E-state index >= 15 is 0 Å². The lowest BCUT2D eigenvalue weighted by atomic mass is 10.0. The van der Waals surface area contributed by atoms with Crippen LogP contribution < -0.4 is 5.32 Å². The molecule has 0 spiro atoms. The summed E-state index contributed by atoms with van der Waals surface area (Å²) in [7, 11) is 0. The molecular weight excluding hydrogens is 637 g/mol. The van der Waals surface area contributed by atoms with Gasteiger partial charge in [-0.25, -0.2) is 9.98 Å². The van der Waals surface area contributed by atoms with Crippen LogP contribution in [0.4, 0.5) is 0 Å². The van der Waals surface area contributed by atoms with Gasteiger partial charge in [0.25, 0.3) is 0 Å². The highest BCUT2D eigenvalue weighted by molar-refractivity contribution is 6.24. The van der Waals surface area contributed by atoms with E-state index in [0.717, 1.165) is 61.2 Å². The van der Waals surface area contributed by atoms with Gasteiger partial charge in [0.05, 0.1) is 16.7 Å². The Balaban J connectivity index is 1.25. The summed E-state index contributed by atoms with van der Waals surface area (Å²) in [5.74, 6) is 1.45. The first-order chi connectivity index (χ1) is 25.8. The first kappa shape index (κ1) is 28.8. The third-order valence-corrected chi connectivity index (χ3v) is 10.4. The molecule has 1 atom stereocenters. The fourth-order valence-electron chi connectivity index (χ4n) is 7.96. The van der Waals surface area contributed by atoms with Crippen molar-refractivity contribution in [2.45, 2.75) is 6.17 Å². The standard InChI is InChI=1S/C47H30N4O/c1-3-14-30(15-4-1)45-48-46(31-16-5-2-6-17-31)50-47(49-45)34-26-37-36-21-11-12-22-42(36)52-44(37)41(28-34)51-39-24-23-29-13-9-10-20-35(29)43(39)38-25-32-18-7-8-19-33(32)27-40(38)51/h1-28,45H,(H,48,49,50). The Morgan fingerprint density at radius 2 is 1.21 bits per heavy atom. The average Bonchev–Trinajstić information content (AvgIpc) is 3.75. The summed E-state index contributed by atoms with van der Waals surface area (Å²) in [6.07, 6.45) is -0.310. The van der Waals surface area contributed by atoms with Crippen LogP contribution in [0.5, 0.6) is 0 Å². The molecule has 3 heterocycles. The maximum atomic E-state index is 6.79. The van der Waals surface area contributed by atoms with Crippen LogP contribution in [0.25, 0.3) is 71.0 Å². The number of hydrogen-bond donors (Lipinski definition) is 1. The molecule has 0 fully saturated rings. The van der Waals surface area contributed by atoms with Gasteiger partial charge >= 0.3 is 0 Å². The fraction of sp³-hybridized carbons (Fsp3) is 0.0213. The van der Waals surface area contributed by atoms with Crippen LogP contribution in [0.2, 0.25) is 0 Å². The second-order valence-corrected chi connectivity index (χ2v) is 13.4. The quantitative estimate of drug-likeness (QED) is 0.203. The number of hydrogen-bond acceptors (Lipinski definition) is 4. The van der Waals surface area contributed by atoms with Gasteiger partial charge in [-0.15, -0.1) is 0 Å². The van der Waals surface area contributed by atoms with Crippen molar-refractivity contribution in [3.05, 3.63) is 187 Å². The largest absolute Gasteiger partial charge is 0.454 e. The molecule has 8 aromatic carbocycles. The zero-order valence-electron chi connectivity index (χ0n) is 28.0. The molecule has 1 aliphatic rings.